The van der Waals surface area contributed by atoms with Crippen molar-refractivity contribution in [2.75, 3.05) is 12.4 Å². The highest BCUT2D eigenvalue weighted by Gasteiger charge is 2.52. The van der Waals surface area contributed by atoms with Gasteiger partial charge >= 0.3 is 11.7 Å². The second kappa shape index (κ2) is 8.19. The van der Waals surface area contributed by atoms with Gasteiger partial charge in [-0.15, -0.1) is 5.10 Å². The fraction of sp³-hybridized carbons (Fsp3) is 0.706. The molecule has 1 aromatic heterocycles. The number of imide groups is 1. The number of H-pyrrole nitrogens is 1. The van der Waals surface area contributed by atoms with Gasteiger partial charge in [0, 0.05) is 6.61 Å². The third-order valence-electron chi connectivity index (χ3n) is 5.57. The molecular formula is C17H24N6O5S. The Balaban J connectivity index is 1.34. The lowest BCUT2D eigenvalue weighted by Gasteiger charge is -2.30. The van der Waals surface area contributed by atoms with E-state index in [4.69, 9.17) is 4.74 Å². The molecule has 1 saturated carbocycles. The molecule has 3 fully saturated rings. The summed E-state index contributed by atoms with van der Waals surface area (Å²) in [4.78, 5) is 49.2. The van der Waals surface area contributed by atoms with Gasteiger partial charge in [0.1, 0.15) is 5.54 Å². The van der Waals surface area contributed by atoms with E-state index in [0.717, 1.165) is 48.9 Å². The first kappa shape index (κ1) is 20.0. The zero-order valence-corrected chi connectivity index (χ0v) is 16.8. The number of amides is 4. The number of hydrogen-bond donors (Lipinski definition) is 3. The van der Waals surface area contributed by atoms with Crippen molar-refractivity contribution >= 4 is 29.6 Å². The molecule has 1 atom stereocenters. The van der Waals surface area contributed by atoms with Gasteiger partial charge in [0.05, 0.1) is 18.4 Å². The molecule has 3 N–H and O–H groups in total. The molecule has 2 saturated heterocycles. The molecule has 1 aliphatic carbocycles. The first-order valence-corrected chi connectivity index (χ1v) is 10.8. The van der Waals surface area contributed by atoms with Crippen LogP contribution in [0.1, 0.15) is 44.9 Å². The Hall–Kier alpha value is -2.34. The van der Waals surface area contributed by atoms with Crippen LogP contribution in [0, 0.1) is 0 Å². The maximum Gasteiger partial charge on any atom is 0.344 e. The van der Waals surface area contributed by atoms with Crippen molar-refractivity contribution in [1.29, 1.82) is 0 Å². The van der Waals surface area contributed by atoms with Crippen LogP contribution in [0.5, 0.6) is 0 Å². The van der Waals surface area contributed by atoms with Crippen molar-refractivity contribution in [1.82, 2.24) is 30.5 Å². The van der Waals surface area contributed by atoms with Gasteiger partial charge in [-0.25, -0.2) is 14.7 Å². The van der Waals surface area contributed by atoms with Crippen LogP contribution in [0.25, 0.3) is 0 Å². The van der Waals surface area contributed by atoms with E-state index in [-0.39, 0.29) is 17.5 Å². The fourth-order valence-electron chi connectivity index (χ4n) is 4.07. The minimum atomic E-state index is -0.889. The third-order valence-corrected chi connectivity index (χ3v) is 6.55. The van der Waals surface area contributed by atoms with Gasteiger partial charge in [-0.05, 0) is 25.7 Å². The summed E-state index contributed by atoms with van der Waals surface area (Å²) >= 11 is 1.06. The first-order valence-electron chi connectivity index (χ1n) is 9.84. The van der Waals surface area contributed by atoms with E-state index in [2.05, 4.69) is 20.9 Å². The molecule has 1 aromatic rings. The van der Waals surface area contributed by atoms with Crippen LogP contribution in [0.3, 0.4) is 0 Å². The third kappa shape index (κ3) is 4.04. The summed E-state index contributed by atoms with van der Waals surface area (Å²) < 4.78 is 6.99. The van der Waals surface area contributed by atoms with E-state index in [1.54, 1.807) is 0 Å². The molecule has 0 bridgehead atoms. The number of thioether (sulfide) groups is 1. The van der Waals surface area contributed by atoms with E-state index < -0.39 is 23.4 Å². The lowest BCUT2D eigenvalue weighted by atomic mass is 9.82. The Morgan fingerprint density at radius 1 is 1.24 bits per heavy atom. The zero-order valence-electron chi connectivity index (χ0n) is 15.9. The van der Waals surface area contributed by atoms with Crippen molar-refractivity contribution in [3.63, 3.8) is 0 Å². The lowest BCUT2D eigenvalue weighted by Crippen LogP contribution is -2.51. The summed E-state index contributed by atoms with van der Waals surface area (Å²) in [7, 11) is 0. The highest BCUT2D eigenvalue weighted by molar-refractivity contribution is 7.99. The number of carbonyl (C=O) groups is 3. The SMILES string of the molecule is O=C(CSc1n[nH]c(=O)n1CC1CCCO1)NN1C(=O)NC2(CCCCC2)C1=O. The molecule has 12 heteroatoms. The lowest BCUT2D eigenvalue weighted by molar-refractivity contribution is -0.139. The molecule has 2 aliphatic heterocycles. The Labute approximate surface area is 170 Å². The van der Waals surface area contributed by atoms with Crippen LogP contribution < -0.4 is 16.4 Å². The summed E-state index contributed by atoms with van der Waals surface area (Å²) in [5.74, 6) is -1.03. The molecule has 29 heavy (non-hydrogen) atoms. The van der Waals surface area contributed by atoms with Gasteiger partial charge in [-0.3, -0.25) is 19.6 Å². The number of nitrogens with one attached hydrogen (secondary N) is 3. The number of ether oxygens (including phenoxy) is 1. The van der Waals surface area contributed by atoms with Gasteiger partial charge in [0.2, 0.25) is 5.91 Å². The van der Waals surface area contributed by atoms with Crippen LogP contribution in [0.4, 0.5) is 4.79 Å². The van der Waals surface area contributed by atoms with Gasteiger partial charge in [-0.2, -0.15) is 5.01 Å². The quantitative estimate of drug-likeness (QED) is 0.436. The molecule has 158 valence electrons. The maximum atomic E-state index is 12.7. The Morgan fingerprint density at radius 2 is 2.03 bits per heavy atom. The predicted molar refractivity (Wildman–Crippen MR) is 102 cm³/mol. The summed E-state index contributed by atoms with van der Waals surface area (Å²) in [5.41, 5.74) is 1.13. The highest BCUT2D eigenvalue weighted by Crippen LogP contribution is 2.33. The summed E-state index contributed by atoms with van der Waals surface area (Å²) in [6.07, 6.45) is 5.71. The molecular weight excluding hydrogens is 400 g/mol. The van der Waals surface area contributed by atoms with Crippen molar-refractivity contribution < 1.29 is 19.1 Å². The topological polar surface area (TPSA) is 138 Å². The number of hydrogen-bond acceptors (Lipinski definition) is 7. The normalized spacial score (nSPS) is 23.6. The van der Waals surface area contributed by atoms with Crippen molar-refractivity contribution in [2.45, 2.75) is 68.3 Å². The van der Waals surface area contributed by atoms with Gasteiger partial charge in [0.15, 0.2) is 5.16 Å². The second-order valence-corrected chi connectivity index (χ2v) is 8.54. The van der Waals surface area contributed by atoms with E-state index >= 15 is 0 Å². The van der Waals surface area contributed by atoms with Crippen molar-refractivity contribution in [3.8, 4) is 0 Å². The molecule has 11 nitrogen and oxygen atoms in total. The number of hydrazine groups is 1. The number of nitrogens with zero attached hydrogens (tertiary/aromatic N) is 3. The molecule has 1 unspecified atom stereocenters. The number of carbonyl (C=O) groups excluding carboxylic acids is 3. The molecule has 4 rings (SSSR count). The zero-order chi connectivity index (χ0) is 20.4. The minimum absolute atomic E-state index is 0.0453. The monoisotopic (exact) mass is 424 g/mol. The van der Waals surface area contributed by atoms with Crippen LogP contribution in [-0.2, 0) is 20.9 Å². The number of rotatable bonds is 6. The van der Waals surface area contributed by atoms with Crippen LogP contribution in [0.2, 0.25) is 0 Å². The van der Waals surface area contributed by atoms with Gasteiger partial charge in [-0.1, -0.05) is 31.0 Å². The second-order valence-electron chi connectivity index (χ2n) is 7.59. The fourth-order valence-corrected chi connectivity index (χ4v) is 4.82. The van der Waals surface area contributed by atoms with E-state index in [0.29, 0.717) is 31.1 Å². The predicted octanol–water partition coefficient (Wildman–Crippen LogP) is 0.128. The Bertz CT molecular complexity index is 855. The Kier molecular flexibility index (Phi) is 5.63. The van der Waals surface area contributed by atoms with Crippen LogP contribution in [-0.4, -0.2) is 61.6 Å². The van der Waals surface area contributed by atoms with Crippen LogP contribution >= 0.6 is 11.8 Å². The highest BCUT2D eigenvalue weighted by atomic mass is 32.2. The largest absolute Gasteiger partial charge is 0.376 e. The van der Waals surface area contributed by atoms with Crippen molar-refractivity contribution in [3.05, 3.63) is 10.5 Å². The molecule has 1 spiro atoms. The van der Waals surface area contributed by atoms with Gasteiger partial charge in [0.25, 0.3) is 5.91 Å². The molecule has 3 heterocycles. The molecule has 3 aliphatic rings. The van der Waals surface area contributed by atoms with E-state index in [1.807, 2.05) is 0 Å². The summed E-state index contributed by atoms with van der Waals surface area (Å²) in [6.45, 7) is 1.05. The molecule has 0 radical (unpaired) electrons. The van der Waals surface area contributed by atoms with Crippen LogP contribution in [0.15, 0.2) is 9.95 Å². The van der Waals surface area contributed by atoms with E-state index in [1.165, 1.54) is 4.57 Å². The first-order chi connectivity index (χ1) is 14.0. The molecule has 0 aromatic carbocycles. The summed E-state index contributed by atoms with van der Waals surface area (Å²) in [5, 5.41) is 10.2. The standard InChI is InChI=1S/C17H24N6O5S/c24-12(21-23-13(25)17(18-14(23)26)6-2-1-3-7-17)10-29-16-20-19-15(27)22(16)9-11-5-4-8-28-11/h11H,1-10H2,(H,18,26)(H,19,27)(H,21,24). The maximum absolute atomic E-state index is 12.7. The van der Waals surface area contributed by atoms with Gasteiger partial charge < -0.3 is 10.1 Å². The minimum Gasteiger partial charge on any atom is -0.376 e. The number of aromatic nitrogens is 3. The average molecular weight is 424 g/mol. The number of aromatic amines is 1. The van der Waals surface area contributed by atoms with E-state index in [9.17, 15) is 19.2 Å². The number of urea groups is 1. The average Bonchev–Trinajstić information content (AvgIpc) is 3.40. The molecule has 4 amide bonds. The smallest absolute Gasteiger partial charge is 0.344 e. The Morgan fingerprint density at radius 3 is 2.76 bits per heavy atom. The summed E-state index contributed by atoms with van der Waals surface area (Å²) in [6, 6.07) is -0.606. The van der Waals surface area contributed by atoms with Crippen molar-refractivity contribution in [2.24, 2.45) is 0 Å².